The number of rotatable bonds is 2. The maximum Gasteiger partial charge on any atom is 0.0180 e. The molecular formula is C13H20N2. The SMILES string of the molecule is Cc1c(CN)cccc1C1CCNCC1. The number of nitrogens with one attached hydrogen (secondary N) is 1. The molecule has 1 aliphatic heterocycles. The summed E-state index contributed by atoms with van der Waals surface area (Å²) in [6.45, 7) is 5.16. The average Bonchev–Trinajstić information content (AvgIpc) is 2.30. The minimum Gasteiger partial charge on any atom is -0.326 e. The van der Waals surface area contributed by atoms with E-state index in [4.69, 9.17) is 5.73 Å². The van der Waals surface area contributed by atoms with Crippen molar-refractivity contribution in [2.24, 2.45) is 5.73 Å². The largest absolute Gasteiger partial charge is 0.326 e. The van der Waals surface area contributed by atoms with Gasteiger partial charge < -0.3 is 11.1 Å². The fraction of sp³-hybridized carbons (Fsp3) is 0.538. The van der Waals surface area contributed by atoms with Crippen molar-refractivity contribution in [2.75, 3.05) is 13.1 Å². The maximum absolute atomic E-state index is 5.74. The zero-order chi connectivity index (χ0) is 10.7. The van der Waals surface area contributed by atoms with Crippen molar-refractivity contribution in [2.45, 2.75) is 32.2 Å². The summed E-state index contributed by atoms with van der Waals surface area (Å²) in [5.74, 6) is 0.734. The third kappa shape index (κ3) is 2.21. The standard InChI is InChI=1S/C13H20N2/c1-10-12(9-14)3-2-4-13(10)11-5-7-15-8-6-11/h2-4,11,15H,5-9,14H2,1H3. The maximum atomic E-state index is 5.74. The molecule has 0 spiro atoms. The minimum atomic E-state index is 0.657. The van der Waals surface area contributed by atoms with Crippen molar-refractivity contribution in [1.29, 1.82) is 0 Å². The molecule has 1 aromatic carbocycles. The zero-order valence-corrected chi connectivity index (χ0v) is 9.42. The van der Waals surface area contributed by atoms with Crippen LogP contribution < -0.4 is 11.1 Å². The molecule has 82 valence electrons. The predicted octanol–water partition coefficient (Wildman–Crippen LogP) is 1.92. The molecule has 15 heavy (non-hydrogen) atoms. The van der Waals surface area contributed by atoms with Gasteiger partial charge in [0.2, 0.25) is 0 Å². The van der Waals surface area contributed by atoms with E-state index < -0.39 is 0 Å². The van der Waals surface area contributed by atoms with Crippen LogP contribution in [-0.4, -0.2) is 13.1 Å². The topological polar surface area (TPSA) is 38.0 Å². The number of hydrogen-bond acceptors (Lipinski definition) is 2. The van der Waals surface area contributed by atoms with Crippen LogP contribution >= 0.6 is 0 Å². The highest BCUT2D eigenvalue weighted by Gasteiger charge is 2.17. The number of nitrogens with two attached hydrogens (primary N) is 1. The van der Waals surface area contributed by atoms with Gasteiger partial charge in [0, 0.05) is 6.54 Å². The van der Waals surface area contributed by atoms with E-state index in [1.165, 1.54) is 29.5 Å². The summed E-state index contributed by atoms with van der Waals surface area (Å²) in [7, 11) is 0. The van der Waals surface area contributed by atoms with Crippen LogP contribution in [0.5, 0.6) is 0 Å². The minimum absolute atomic E-state index is 0.657. The van der Waals surface area contributed by atoms with Crippen LogP contribution in [0.15, 0.2) is 18.2 Å². The van der Waals surface area contributed by atoms with E-state index in [1.807, 2.05) is 0 Å². The van der Waals surface area contributed by atoms with Gasteiger partial charge in [0.25, 0.3) is 0 Å². The Morgan fingerprint density at radius 1 is 1.33 bits per heavy atom. The third-order valence-corrected chi connectivity index (χ3v) is 3.49. The van der Waals surface area contributed by atoms with Crippen LogP contribution in [0.4, 0.5) is 0 Å². The van der Waals surface area contributed by atoms with E-state index in [0.29, 0.717) is 6.54 Å². The van der Waals surface area contributed by atoms with Crippen LogP contribution in [0, 0.1) is 6.92 Å². The third-order valence-electron chi connectivity index (χ3n) is 3.49. The van der Waals surface area contributed by atoms with Crippen molar-refractivity contribution in [3.8, 4) is 0 Å². The Hall–Kier alpha value is -0.860. The van der Waals surface area contributed by atoms with Gasteiger partial charge in [-0.3, -0.25) is 0 Å². The van der Waals surface area contributed by atoms with E-state index in [2.05, 4.69) is 30.4 Å². The molecule has 3 N–H and O–H groups in total. The van der Waals surface area contributed by atoms with Crippen molar-refractivity contribution in [3.63, 3.8) is 0 Å². The normalized spacial score (nSPS) is 18.0. The summed E-state index contributed by atoms with van der Waals surface area (Å²) in [4.78, 5) is 0. The summed E-state index contributed by atoms with van der Waals surface area (Å²) in [6.07, 6.45) is 2.52. The Kier molecular flexibility index (Phi) is 3.39. The Morgan fingerprint density at radius 2 is 2.07 bits per heavy atom. The first kappa shape index (κ1) is 10.7. The summed E-state index contributed by atoms with van der Waals surface area (Å²) in [5, 5.41) is 3.41. The average molecular weight is 204 g/mol. The Balaban J connectivity index is 2.26. The first-order chi connectivity index (χ1) is 7.33. The highest BCUT2D eigenvalue weighted by molar-refractivity contribution is 5.36. The molecular weight excluding hydrogens is 184 g/mol. The first-order valence-electron chi connectivity index (χ1n) is 5.82. The van der Waals surface area contributed by atoms with Crippen molar-refractivity contribution >= 4 is 0 Å². The Labute approximate surface area is 91.9 Å². The monoisotopic (exact) mass is 204 g/mol. The van der Waals surface area contributed by atoms with Gasteiger partial charge in [-0.1, -0.05) is 18.2 Å². The Bertz CT molecular complexity index is 327. The molecule has 2 heteroatoms. The van der Waals surface area contributed by atoms with Crippen LogP contribution in [-0.2, 0) is 6.54 Å². The fourth-order valence-corrected chi connectivity index (χ4v) is 2.50. The predicted molar refractivity (Wildman–Crippen MR) is 63.9 cm³/mol. The van der Waals surface area contributed by atoms with Crippen LogP contribution in [0.2, 0.25) is 0 Å². The van der Waals surface area contributed by atoms with Crippen molar-refractivity contribution in [3.05, 3.63) is 34.9 Å². The number of hydrogen-bond donors (Lipinski definition) is 2. The van der Waals surface area contributed by atoms with Gasteiger partial charge in [-0.2, -0.15) is 0 Å². The highest BCUT2D eigenvalue weighted by atomic mass is 14.9. The number of piperidine rings is 1. The Morgan fingerprint density at radius 3 is 2.73 bits per heavy atom. The smallest absolute Gasteiger partial charge is 0.0180 e. The molecule has 0 aromatic heterocycles. The second kappa shape index (κ2) is 4.77. The summed E-state index contributed by atoms with van der Waals surface area (Å²) in [6, 6.07) is 6.55. The highest BCUT2D eigenvalue weighted by Crippen LogP contribution is 2.29. The lowest BCUT2D eigenvalue weighted by atomic mass is 9.86. The summed E-state index contributed by atoms with van der Waals surface area (Å²) >= 11 is 0. The molecule has 0 aliphatic carbocycles. The van der Waals surface area contributed by atoms with E-state index in [1.54, 1.807) is 0 Å². The van der Waals surface area contributed by atoms with Crippen LogP contribution in [0.1, 0.15) is 35.4 Å². The molecule has 1 aliphatic rings. The molecule has 0 bridgehead atoms. The number of benzene rings is 1. The molecule has 0 saturated carbocycles. The van der Waals surface area contributed by atoms with Gasteiger partial charge >= 0.3 is 0 Å². The molecule has 0 radical (unpaired) electrons. The van der Waals surface area contributed by atoms with Gasteiger partial charge in [0.15, 0.2) is 0 Å². The summed E-state index contributed by atoms with van der Waals surface area (Å²) in [5.41, 5.74) is 9.96. The quantitative estimate of drug-likeness (QED) is 0.772. The molecule has 2 nitrogen and oxygen atoms in total. The lowest BCUT2D eigenvalue weighted by Gasteiger charge is -2.25. The molecule has 1 saturated heterocycles. The van der Waals surface area contributed by atoms with Gasteiger partial charge in [-0.25, -0.2) is 0 Å². The van der Waals surface area contributed by atoms with Crippen LogP contribution in [0.3, 0.4) is 0 Å². The second-order valence-corrected chi connectivity index (χ2v) is 4.36. The molecule has 1 fully saturated rings. The van der Waals surface area contributed by atoms with Gasteiger partial charge in [-0.05, 0) is 55.5 Å². The molecule has 1 aromatic rings. The zero-order valence-electron chi connectivity index (χ0n) is 9.42. The van der Waals surface area contributed by atoms with Crippen molar-refractivity contribution in [1.82, 2.24) is 5.32 Å². The molecule has 2 rings (SSSR count). The summed E-state index contributed by atoms with van der Waals surface area (Å²) < 4.78 is 0. The van der Waals surface area contributed by atoms with Gasteiger partial charge in [0.05, 0.1) is 0 Å². The van der Waals surface area contributed by atoms with Crippen LogP contribution in [0.25, 0.3) is 0 Å². The van der Waals surface area contributed by atoms with E-state index >= 15 is 0 Å². The molecule has 0 atom stereocenters. The van der Waals surface area contributed by atoms with E-state index in [-0.39, 0.29) is 0 Å². The second-order valence-electron chi connectivity index (χ2n) is 4.36. The van der Waals surface area contributed by atoms with E-state index in [9.17, 15) is 0 Å². The first-order valence-corrected chi connectivity index (χ1v) is 5.82. The van der Waals surface area contributed by atoms with Crippen molar-refractivity contribution < 1.29 is 0 Å². The molecule has 0 unspecified atom stereocenters. The molecule has 0 amide bonds. The lowest BCUT2D eigenvalue weighted by molar-refractivity contribution is 0.459. The fourth-order valence-electron chi connectivity index (χ4n) is 2.50. The lowest BCUT2D eigenvalue weighted by Crippen LogP contribution is -2.27. The van der Waals surface area contributed by atoms with Gasteiger partial charge in [0.1, 0.15) is 0 Å². The molecule has 1 heterocycles. The van der Waals surface area contributed by atoms with E-state index in [0.717, 1.165) is 19.0 Å². The van der Waals surface area contributed by atoms with Gasteiger partial charge in [-0.15, -0.1) is 0 Å².